The van der Waals surface area contributed by atoms with Crippen molar-refractivity contribution in [2.24, 2.45) is 23.7 Å². The minimum atomic E-state index is -0.0119. The zero-order valence-electron chi connectivity index (χ0n) is 12.0. The number of hydrogen-bond acceptors (Lipinski definition) is 4. The summed E-state index contributed by atoms with van der Waals surface area (Å²) in [4.78, 5) is 19.6. The van der Waals surface area contributed by atoms with Crippen LogP contribution in [0.4, 0.5) is 9.93 Å². The van der Waals surface area contributed by atoms with E-state index in [-0.39, 0.29) is 6.03 Å². The van der Waals surface area contributed by atoms with Crippen LogP contribution in [0.5, 0.6) is 0 Å². The van der Waals surface area contributed by atoms with Crippen molar-refractivity contribution >= 4 is 22.5 Å². The van der Waals surface area contributed by atoms with E-state index >= 15 is 0 Å². The molecule has 2 amide bonds. The van der Waals surface area contributed by atoms with E-state index in [1.807, 2.05) is 4.90 Å². The van der Waals surface area contributed by atoms with E-state index in [9.17, 15) is 4.79 Å². The Balaban J connectivity index is 1.38. The zero-order valence-corrected chi connectivity index (χ0v) is 12.8. The van der Waals surface area contributed by atoms with Crippen LogP contribution >= 0.6 is 11.3 Å². The predicted molar refractivity (Wildman–Crippen MR) is 81.1 cm³/mol. The summed E-state index contributed by atoms with van der Waals surface area (Å²) < 4.78 is 5.07. The number of anilines is 1. The molecule has 2 bridgehead atoms. The third-order valence-corrected chi connectivity index (χ3v) is 5.89. The van der Waals surface area contributed by atoms with E-state index in [0.29, 0.717) is 35.4 Å². The number of aromatic nitrogens is 1. The van der Waals surface area contributed by atoms with Crippen molar-refractivity contribution in [3.63, 3.8) is 0 Å². The normalized spacial score (nSPS) is 32.7. The molecule has 2 fully saturated rings. The molecule has 2 unspecified atom stereocenters. The summed E-state index contributed by atoms with van der Waals surface area (Å²) in [5.41, 5.74) is 0. The summed E-state index contributed by atoms with van der Waals surface area (Å²) in [7, 11) is 1.66. The van der Waals surface area contributed by atoms with Crippen LogP contribution in [-0.2, 0) is 11.3 Å². The molecule has 4 rings (SSSR count). The Bertz CT molecular complexity index is 565. The molecule has 2 heterocycles. The van der Waals surface area contributed by atoms with E-state index in [1.54, 1.807) is 13.3 Å². The molecule has 3 aliphatic rings. The van der Waals surface area contributed by atoms with Gasteiger partial charge in [-0.2, -0.15) is 0 Å². The van der Waals surface area contributed by atoms with Gasteiger partial charge in [-0.3, -0.25) is 5.32 Å². The maximum Gasteiger partial charge on any atom is 0.323 e. The van der Waals surface area contributed by atoms with Crippen molar-refractivity contribution in [1.29, 1.82) is 0 Å². The van der Waals surface area contributed by atoms with Gasteiger partial charge < -0.3 is 9.64 Å². The highest BCUT2D eigenvalue weighted by atomic mass is 32.1. The summed E-state index contributed by atoms with van der Waals surface area (Å²) in [6.45, 7) is 2.31. The average Bonchev–Trinajstić information content (AvgIpc) is 3.21. The summed E-state index contributed by atoms with van der Waals surface area (Å²) in [6.07, 6.45) is 7.76. The number of methoxy groups -OCH3 is 1. The van der Waals surface area contributed by atoms with Gasteiger partial charge in [0.15, 0.2) is 5.13 Å². The number of ether oxygens (including phenoxy) is 1. The van der Waals surface area contributed by atoms with Gasteiger partial charge >= 0.3 is 6.03 Å². The highest BCUT2D eigenvalue weighted by molar-refractivity contribution is 7.15. The monoisotopic (exact) mass is 305 g/mol. The zero-order chi connectivity index (χ0) is 14.4. The minimum Gasteiger partial charge on any atom is -0.379 e. The predicted octanol–water partition coefficient (Wildman–Crippen LogP) is 2.58. The number of urea groups is 1. The fourth-order valence-corrected chi connectivity index (χ4v) is 4.84. The van der Waals surface area contributed by atoms with Crippen molar-refractivity contribution in [2.45, 2.75) is 13.0 Å². The van der Waals surface area contributed by atoms with E-state index in [0.717, 1.165) is 18.0 Å². The SMILES string of the molecule is COCc1cnc(NC(=O)N2C[C@@H]3C4C=CC(C4)[C@@H]3C2)s1. The number of rotatable bonds is 3. The molecule has 6 heteroatoms. The number of likely N-dealkylation sites (tertiary alicyclic amines) is 1. The number of amides is 2. The van der Waals surface area contributed by atoms with Crippen molar-refractivity contribution in [2.75, 3.05) is 25.5 Å². The van der Waals surface area contributed by atoms with E-state index in [1.165, 1.54) is 17.8 Å². The molecule has 4 atom stereocenters. The molecule has 0 spiro atoms. The quantitative estimate of drug-likeness (QED) is 0.873. The number of hydrogen-bond donors (Lipinski definition) is 1. The lowest BCUT2D eigenvalue weighted by Gasteiger charge is -2.18. The van der Waals surface area contributed by atoms with Crippen molar-refractivity contribution in [3.05, 3.63) is 23.2 Å². The summed E-state index contributed by atoms with van der Waals surface area (Å²) in [6, 6.07) is -0.0119. The van der Waals surface area contributed by atoms with Gasteiger partial charge in [-0.05, 0) is 30.1 Å². The molecule has 2 aliphatic carbocycles. The van der Waals surface area contributed by atoms with Crippen LogP contribution in [0.25, 0.3) is 0 Å². The Morgan fingerprint density at radius 3 is 2.81 bits per heavy atom. The number of allylic oxidation sites excluding steroid dienone is 2. The first-order chi connectivity index (χ1) is 10.2. The smallest absolute Gasteiger partial charge is 0.323 e. The van der Waals surface area contributed by atoms with Crippen LogP contribution in [0.3, 0.4) is 0 Å². The number of carbonyl (C=O) groups excluding carboxylic acids is 1. The van der Waals surface area contributed by atoms with Gasteiger partial charge in [0.25, 0.3) is 0 Å². The lowest BCUT2D eigenvalue weighted by Crippen LogP contribution is -2.34. The van der Waals surface area contributed by atoms with Gasteiger partial charge in [-0.15, -0.1) is 0 Å². The number of thiazole rings is 1. The van der Waals surface area contributed by atoms with E-state index < -0.39 is 0 Å². The Morgan fingerprint density at radius 1 is 1.43 bits per heavy atom. The fraction of sp³-hybridized carbons (Fsp3) is 0.600. The molecule has 1 saturated heterocycles. The maximum absolute atomic E-state index is 12.4. The summed E-state index contributed by atoms with van der Waals surface area (Å²) in [5.74, 6) is 2.74. The molecular weight excluding hydrogens is 286 g/mol. The third-order valence-electron chi connectivity index (χ3n) is 5.00. The second-order valence-corrected chi connectivity index (χ2v) is 7.29. The Morgan fingerprint density at radius 2 is 2.14 bits per heavy atom. The van der Waals surface area contributed by atoms with Gasteiger partial charge in [-0.25, -0.2) is 9.78 Å². The van der Waals surface area contributed by atoms with Gasteiger partial charge in [0.05, 0.1) is 11.5 Å². The lowest BCUT2D eigenvalue weighted by molar-refractivity contribution is 0.187. The molecule has 1 N–H and O–H groups in total. The number of carbonyl (C=O) groups is 1. The first-order valence-corrected chi connectivity index (χ1v) is 8.24. The largest absolute Gasteiger partial charge is 0.379 e. The average molecular weight is 305 g/mol. The lowest BCUT2D eigenvalue weighted by atomic mass is 9.86. The molecule has 1 aliphatic heterocycles. The summed E-state index contributed by atoms with van der Waals surface area (Å²) >= 11 is 1.47. The van der Waals surface area contributed by atoms with Crippen molar-refractivity contribution in [3.8, 4) is 0 Å². The number of nitrogens with one attached hydrogen (secondary N) is 1. The van der Waals surface area contributed by atoms with Crippen LogP contribution in [0.1, 0.15) is 11.3 Å². The van der Waals surface area contributed by atoms with Crippen LogP contribution in [0.15, 0.2) is 18.3 Å². The topological polar surface area (TPSA) is 54.5 Å². The molecule has 112 valence electrons. The van der Waals surface area contributed by atoms with Crippen LogP contribution in [-0.4, -0.2) is 36.1 Å². The Hall–Kier alpha value is -1.40. The summed E-state index contributed by atoms with van der Waals surface area (Å²) in [5, 5.41) is 3.58. The van der Waals surface area contributed by atoms with Gasteiger partial charge in [0.2, 0.25) is 0 Å². The van der Waals surface area contributed by atoms with Crippen LogP contribution in [0.2, 0.25) is 0 Å². The van der Waals surface area contributed by atoms with E-state index in [2.05, 4.69) is 22.5 Å². The molecule has 1 saturated carbocycles. The van der Waals surface area contributed by atoms with Gasteiger partial charge in [-0.1, -0.05) is 23.5 Å². The van der Waals surface area contributed by atoms with Gasteiger partial charge in [0, 0.05) is 26.4 Å². The molecule has 21 heavy (non-hydrogen) atoms. The number of nitrogens with zero attached hydrogens (tertiary/aromatic N) is 2. The third kappa shape index (κ3) is 2.26. The fourth-order valence-electron chi connectivity index (χ4n) is 4.06. The first kappa shape index (κ1) is 13.3. The Kier molecular flexibility index (Phi) is 3.23. The van der Waals surface area contributed by atoms with Crippen molar-refractivity contribution < 1.29 is 9.53 Å². The molecular formula is C15H19N3O2S. The highest BCUT2D eigenvalue weighted by Gasteiger charge is 2.50. The molecule has 0 radical (unpaired) electrons. The van der Waals surface area contributed by atoms with Crippen LogP contribution in [0, 0.1) is 23.7 Å². The molecule has 0 aromatic carbocycles. The minimum absolute atomic E-state index is 0.0119. The molecule has 1 aromatic heterocycles. The van der Waals surface area contributed by atoms with Crippen LogP contribution < -0.4 is 5.32 Å². The maximum atomic E-state index is 12.4. The second kappa shape index (κ2) is 5.10. The standard InChI is InChI=1S/C15H19N3O2S/c1-20-8-11-5-16-14(21-11)17-15(19)18-6-12-9-2-3-10(4-9)13(12)7-18/h2-3,5,9-10,12-13H,4,6-8H2,1H3,(H,16,17,19)/t9?,10?,12-,13+. The van der Waals surface area contributed by atoms with Gasteiger partial charge in [0.1, 0.15) is 0 Å². The van der Waals surface area contributed by atoms with Crippen molar-refractivity contribution in [1.82, 2.24) is 9.88 Å². The molecule has 1 aromatic rings. The molecule has 5 nitrogen and oxygen atoms in total. The Labute approximate surface area is 128 Å². The number of fused-ring (bicyclic) bond motifs is 5. The highest BCUT2D eigenvalue weighted by Crippen LogP contribution is 2.51. The first-order valence-electron chi connectivity index (χ1n) is 7.42. The van der Waals surface area contributed by atoms with E-state index in [4.69, 9.17) is 4.74 Å². The second-order valence-electron chi connectivity index (χ2n) is 6.18.